The molecule has 0 radical (unpaired) electrons. The Morgan fingerprint density at radius 2 is 1.95 bits per heavy atom. The van der Waals surface area contributed by atoms with E-state index in [0.717, 1.165) is 11.7 Å². The Morgan fingerprint density at radius 1 is 1.19 bits per heavy atom. The number of methoxy groups -OCH3 is 1. The van der Waals surface area contributed by atoms with Crippen LogP contribution >= 0.6 is 0 Å². The molecule has 116 valence electrons. The predicted molar refractivity (Wildman–Crippen MR) is 86.9 cm³/mol. The van der Waals surface area contributed by atoms with Crippen LogP contribution in [0.5, 0.6) is 5.75 Å². The third-order valence-corrected chi connectivity index (χ3v) is 5.38. The minimum Gasteiger partial charge on any atom is -0.497 e. The first kappa shape index (κ1) is 14.9. The highest BCUT2D eigenvalue weighted by Crippen LogP contribution is 2.36. The molecule has 1 aliphatic carbocycles. The van der Waals surface area contributed by atoms with E-state index in [1.165, 1.54) is 49.9 Å². The Bertz CT molecular complexity index is 480. The molecular formula is C18H28N2O. The zero-order valence-corrected chi connectivity index (χ0v) is 13.6. The zero-order chi connectivity index (χ0) is 14.8. The lowest BCUT2D eigenvalue weighted by Crippen LogP contribution is -2.49. The molecule has 1 heterocycles. The predicted octanol–water partition coefficient (Wildman–Crippen LogP) is 3.00. The number of nitrogens with zero attached hydrogens (tertiary/aromatic N) is 1. The second-order valence-corrected chi connectivity index (χ2v) is 6.66. The van der Waals surface area contributed by atoms with E-state index in [4.69, 9.17) is 4.74 Å². The number of hydrogen-bond acceptors (Lipinski definition) is 3. The summed E-state index contributed by atoms with van der Waals surface area (Å²) in [6, 6.07) is 7.67. The quantitative estimate of drug-likeness (QED) is 0.925. The highest BCUT2D eigenvalue weighted by atomic mass is 16.5. The lowest BCUT2D eigenvalue weighted by molar-refractivity contribution is 0.101. The summed E-state index contributed by atoms with van der Waals surface area (Å²) >= 11 is 0. The van der Waals surface area contributed by atoms with Crippen LogP contribution in [0.3, 0.4) is 0 Å². The van der Waals surface area contributed by atoms with Crippen molar-refractivity contribution >= 4 is 0 Å². The number of rotatable bonds is 3. The van der Waals surface area contributed by atoms with E-state index >= 15 is 0 Å². The van der Waals surface area contributed by atoms with Gasteiger partial charge in [-0.1, -0.05) is 13.0 Å². The first-order valence-electron chi connectivity index (χ1n) is 8.31. The lowest BCUT2D eigenvalue weighted by Gasteiger charge is -2.43. The van der Waals surface area contributed by atoms with Crippen molar-refractivity contribution in [1.29, 1.82) is 0 Å². The molecule has 2 atom stereocenters. The van der Waals surface area contributed by atoms with Crippen LogP contribution in [0, 0.1) is 5.92 Å². The molecule has 0 bridgehead atoms. The van der Waals surface area contributed by atoms with Crippen molar-refractivity contribution in [1.82, 2.24) is 10.2 Å². The molecule has 0 spiro atoms. The number of aryl methyl sites for hydroxylation is 1. The van der Waals surface area contributed by atoms with Crippen molar-refractivity contribution in [3.63, 3.8) is 0 Å². The molecular weight excluding hydrogens is 260 g/mol. The summed E-state index contributed by atoms with van der Waals surface area (Å²) in [4.78, 5) is 2.72. The first-order chi connectivity index (χ1) is 10.2. The van der Waals surface area contributed by atoms with E-state index in [9.17, 15) is 0 Å². The number of fused-ring (bicyclic) bond motifs is 1. The number of piperidine rings is 1. The van der Waals surface area contributed by atoms with Crippen molar-refractivity contribution in [2.24, 2.45) is 5.92 Å². The Labute approximate surface area is 128 Å². The van der Waals surface area contributed by atoms with E-state index in [0.29, 0.717) is 12.1 Å². The van der Waals surface area contributed by atoms with Crippen LogP contribution in [0.15, 0.2) is 18.2 Å². The van der Waals surface area contributed by atoms with Gasteiger partial charge in [-0.25, -0.2) is 0 Å². The van der Waals surface area contributed by atoms with Gasteiger partial charge in [0.2, 0.25) is 0 Å². The fourth-order valence-electron chi connectivity index (χ4n) is 4.01. The Balaban J connectivity index is 1.81. The largest absolute Gasteiger partial charge is 0.497 e. The topological polar surface area (TPSA) is 24.5 Å². The van der Waals surface area contributed by atoms with Crippen molar-refractivity contribution in [3.8, 4) is 5.75 Å². The molecule has 3 nitrogen and oxygen atoms in total. The average Bonchev–Trinajstić information content (AvgIpc) is 2.54. The van der Waals surface area contributed by atoms with Crippen LogP contribution in [0.25, 0.3) is 0 Å². The summed E-state index contributed by atoms with van der Waals surface area (Å²) in [5.74, 6) is 1.88. The van der Waals surface area contributed by atoms with E-state index in [-0.39, 0.29) is 0 Å². The van der Waals surface area contributed by atoms with Gasteiger partial charge in [0.15, 0.2) is 0 Å². The molecule has 3 rings (SSSR count). The number of hydrogen-bond donors (Lipinski definition) is 1. The zero-order valence-electron chi connectivity index (χ0n) is 13.6. The van der Waals surface area contributed by atoms with Gasteiger partial charge in [0.25, 0.3) is 0 Å². The van der Waals surface area contributed by atoms with Gasteiger partial charge in [-0.05, 0) is 75.0 Å². The van der Waals surface area contributed by atoms with Crippen LogP contribution in [0.4, 0.5) is 0 Å². The van der Waals surface area contributed by atoms with E-state index in [1.54, 1.807) is 7.11 Å². The Kier molecular flexibility index (Phi) is 4.51. The molecule has 1 aromatic carbocycles. The maximum atomic E-state index is 5.37. The third kappa shape index (κ3) is 2.95. The Morgan fingerprint density at radius 3 is 2.62 bits per heavy atom. The smallest absolute Gasteiger partial charge is 0.119 e. The minimum absolute atomic E-state index is 0.452. The van der Waals surface area contributed by atoms with Gasteiger partial charge in [0.1, 0.15) is 5.75 Å². The second kappa shape index (κ2) is 6.37. The van der Waals surface area contributed by atoms with E-state index in [1.807, 2.05) is 0 Å². The standard InChI is InChI=1S/C18H28N2O/c1-13-8-10-20(11-9-13)17-7-4-14-12-15(21-3)5-6-16(14)18(17)19-2/h5-6,12-13,17-19H,4,7-11H2,1-3H3. The minimum atomic E-state index is 0.452. The second-order valence-electron chi connectivity index (χ2n) is 6.66. The van der Waals surface area contributed by atoms with Crippen LogP contribution < -0.4 is 10.1 Å². The van der Waals surface area contributed by atoms with Crippen LogP contribution in [0.2, 0.25) is 0 Å². The summed E-state index contributed by atoms with van der Waals surface area (Å²) in [5.41, 5.74) is 2.92. The van der Waals surface area contributed by atoms with Gasteiger partial charge in [0.05, 0.1) is 7.11 Å². The molecule has 2 aliphatic rings. The number of likely N-dealkylation sites (tertiary alicyclic amines) is 1. The van der Waals surface area contributed by atoms with Gasteiger partial charge in [0, 0.05) is 12.1 Å². The fraction of sp³-hybridized carbons (Fsp3) is 0.667. The maximum absolute atomic E-state index is 5.37. The average molecular weight is 288 g/mol. The molecule has 0 saturated carbocycles. The van der Waals surface area contributed by atoms with E-state index in [2.05, 4.69) is 42.4 Å². The SMILES string of the molecule is CNC1c2ccc(OC)cc2CCC1N1CCC(C)CC1. The van der Waals surface area contributed by atoms with Crippen LogP contribution in [0.1, 0.15) is 43.4 Å². The Hall–Kier alpha value is -1.06. The number of benzene rings is 1. The van der Waals surface area contributed by atoms with Gasteiger partial charge in [-0.3, -0.25) is 4.90 Å². The molecule has 2 unspecified atom stereocenters. The highest BCUT2D eigenvalue weighted by molar-refractivity contribution is 5.40. The lowest BCUT2D eigenvalue weighted by atomic mass is 9.82. The molecule has 1 saturated heterocycles. The molecule has 0 amide bonds. The molecule has 1 N–H and O–H groups in total. The molecule has 3 heteroatoms. The van der Waals surface area contributed by atoms with Crippen molar-refractivity contribution in [2.45, 2.75) is 44.7 Å². The summed E-state index contributed by atoms with van der Waals surface area (Å²) in [6.07, 6.45) is 5.12. The third-order valence-electron chi connectivity index (χ3n) is 5.38. The summed E-state index contributed by atoms with van der Waals surface area (Å²) in [6.45, 7) is 4.90. The molecule has 1 aromatic rings. The van der Waals surface area contributed by atoms with Crippen molar-refractivity contribution in [3.05, 3.63) is 29.3 Å². The first-order valence-corrected chi connectivity index (χ1v) is 8.31. The van der Waals surface area contributed by atoms with E-state index < -0.39 is 0 Å². The summed E-state index contributed by atoms with van der Waals surface area (Å²) in [7, 11) is 3.85. The highest BCUT2D eigenvalue weighted by Gasteiger charge is 2.34. The normalized spacial score (nSPS) is 27.4. The van der Waals surface area contributed by atoms with Gasteiger partial charge in [-0.15, -0.1) is 0 Å². The number of ether oxygens (including phenoxy) is 1. The molecule has 1 fully saturated rings. The molecule has 0 aromatic heterocycles. The molecule has 21 heavy (non-hydrogen) atoms. The molecule has 1 aliphatic heterocycles. The summed E-state index contributed by atoms with van der Waals surface area (Å²) < 4.78 is 5.37. The monoisotopic (exact) mass is 288 g/mol. The van der Waals surface area contributed by atoms with Crippen LogP contribution in [-0.4, -0.2) is 38.2 Å². The maximum Gasteiger partial charge on any atom is 0.119 e. The van der Waals surface area contributed by atoms with Gasteiger partial charge >= 0.3 is 0 Å². The van der Waals surface area contributed by atoms with Gasteiger partial charge < -0.3 is 10.1 Å². The summed E-state index contributed by atoms with van der Waals surface area (Å²) in [5, 5.41) is 3.57. The number of nitrogens with one attached hydrogen (secondary N) is 1. The fourth-order valence-corrected chi connectivity index (χ4v) is 4.01. The number of likely N-dealkylation sites (N-methyl/N-ethyl adjacent to an activating group) is 1. The van der Waals surface area contributed by atoms with Crippen molar-refractivity contribution in [2.75, 3.05) is 27.2 Å². The van der Waals surface area contributed by atoms with Crippen molar-refractivity contribution < 1.29 is 4.74 Å². The van der Waals surface area contributed by atoms with Gasteiger partial charge in [-0.2, -0.15) is 0 Å². The van der Waals surface area contributed by atoms with Crippen LogP contribution in [-0.2, 0) is 6.42 Å².